The van der Waals surface area contributed by atoms with Gasteiger partial charge in [0.25, 0.3) is 0 Å². The summed E-state index contributed by atoms with van der Waals surface area (Å²) in [5, 5.41) is 0.134. The lowest BCUT2D eigenvalue weighted by Crippen LogP contribution is -2.44. The molecule has 0 N–H and O–H groups in total. The second kappa shape index (κ2) is 10.6. The number of rotatable bonds is 3. The minimum Gasteiger partial charge on any atom is -0.443 e. The van der Waals surface area contributed by atoms with Gasteiger partial charge >= 0.3 is 12.2 Å². The first-order valence-corrected chi connectivity index (χ1v) is 12.6. The molecule has 8 heteroatoms. The van der Waals surface area contributed by atoms with Crippen LogP contribution >= 0.6 is 11.6 Å². The van der Waals surface area contributed by atoms with Gasteiger partial charge in [-0.05, 0) is 92.2 Å². The van der Waals surface area contributed by atoms with Gasteiger partial charge in [-0.1, -0.05) is 41.4 Å². The van der Waals surface area contributed by atoms with Crippen LogP contribution in [0.2, 0.25) is 5.15 Å². The predicted molar refractivity (Wildman–Crippen MR) is 143 cm³/mol. The molecule has 0 atom stereocenters. The van der Waals surface area contributed by atoms with Crippen molar-refractivity contribution in [2.24, 2.45) is 0 Å². The summed E-state index contributed by atoms with van der Waals surface area (Å²) >= 11 is 6.57. The molecule has 3 rings (SSSR count). The maximum atomic E-state index is 13.2. The Balaban J connectivity index is 2.20. The smallest absolute Gasteiger partial charge is 0.427 e. The number of ether oxygens (including phenoxy) is 2. The molecule has 1 aliphatic carbocycles. The van der Waals surface area contributed by atoms with Crippen molar-refractivity contribution in [2.45, 2.75) is 92.3 Å². The third-order valence-electron chi connectivity index (χ3n) is 5.57. The molecule has 2 aromatic rings. The number of nitrogens with zero attached hydrogens (tertiary/aromatic N) is 3. The molecule has 1 aromatic carbocycles. The van der Waals surface area contributed by atoms with E-state index in [9.17, 15) is 9.59 Å². The van der Waals surface area contributed by atoms with Crippen LogP contribution in [-0.4, -0.2) is 33.4 Å². The minimum absolute atomic E-state index is 0.134. The molecular formula is C28H36ClN3O4. The van der Waals surface area contributed by atoms with Crippen LogP contribution in [0.5, 0.6) is 0 Å². The van der Waals surface area contributed by atoms with Gasteiger partial charge in [0, 0.05) is 11.1 Å². The minimum atomic E-state index is -0.944. The second-order valence-corrected chi connectivity index (χ2v) is 11.5. The van der Waals surface area contributed by atoms with Crippen molar-refractivity contribution in [3.8, 4) is 11.3 Å². The van der Waals surface area contributed by atoms with Crippen LogP contribution in [-0.2, 0) is 9.47 Å². The van der Waals surface area contributed by atoms with Crippen molar-refractivity contribution >= 4 is 35.8 Å². The molecule has 194 valence electrons. The summed E-state index contributed by atoms with van der Waals surface area (Å²) in [4.78, 5) is 36.0. The van der Waals surface area contributed by atoms with Crippen molar-refractivity contribution in [1.82, 2.24) is 9.97 Å². The number of imide groups is 1. The molecule has 1 aromatic heterocycles. The zero-order valence-corrected chi connectivity index (χ0v) is 23.2. The number of aryl methyl sites for hydroxylation is 1. The number of hydrogen-bond donors (Lipinski definition) is 0. The standard InChI is InChI=1S/C28H36ClN3O4/c1-17-12-11-15-20(16-19-13-9-10-14-19)21(17)22-18(2)23(29)31-24(30-22)32(25(33)35-27(3,4)5)26(34)36-28(6,7)8/h11-12,15-16H,9-10,13-14H2,1-8H3. The van der Waals surface area contributed by atoms with Gasteiger partial charge in [-0.3, -0.25) is 0 Å². The molecule has 0 radical (unpaired) electrons. The lowest BCUT2D eigenvalue weighted by molar-refractivity contribution is 0.0427. The van der Waals surface area contributed by atoms with Gasteiger partial charge in [0.2, 0.25) is 5.95 Å². The fraction of sp³-hybridized carbons (Fsp3) is 0.500. The quantitative estimate of drug-likeness (QED) is 0.386. The van der Waals surface area contributed by atoms with Crippen LogP contribution in [0.25, 0.3) is 17.3 Å². The Morgan fingerprint density at radius 1 is 0.944 bits per heavy atom. The highest BCUT2D eigenvalue weighted by atomic mass is 35.5. The normalized spacial score (nSPS) is 14.0. The number of amides is 2. The Kier molecular flexibility index (Phi) is 8.13. The van der Waals surface area contributed by atoms with Gasteiger partial charge in [-0.2, -0.15) is 4.98 Å². The average Bonchev–Trinajstić information content (AvgIpc) is 3.21. The molecule has 7 nitrogen and oxygen atoms in total. The number of carbonyl (C=O) groups excluding carboxylic acids is 2. The number of halogens is 1. The third-order valence-corrected chi connectivity index (χ3v) is 5.94. The second-order valence-electron chi connectivity index (χ2n) is 11.1. The summed E-state index contributed by atoms with van der Waals surface area (Å²) in [6, 6.07) is 6.05. The van der Waals surface area contributed by atoms with Gasteiger partial charge in [0.1, 0.15) is 16.4 Å². The Bertz CT molecular complexity index is 1160. The topological polar surface area (TPSA) is 81.6 Å². The van der Waals surface area contributed by atoms with Crippen LogP contribution < -0.4 is 4.90 Å². The van der Waals surface area contributed by atoms with E-state index in [1.54, 1.807) is 41.5 Å². The Morgan fingerprint density at radius 2 is 1.50 bits per heavy atom. The Labute approximate surface area is 218 Å². The van der Waals surface area contributed by atoms with Crippen LogP contribution in [0.4, 0.5) is 15.5 Å². The molecule has 0 bridgehead atoms. The molecule has 0 aliphatic heterocycles. The lowest BCUT2D eigenvalue weighted by Gasteiger charge is -2.28. The number of allylic oxidation sites excluding steroid dienone is 1. The first-order chi connectivity index (χ1) is 16.7. The van der Waals surface area contributed by atoms with Crippen LogP contribution in [0.15, 0.2) is 23.8 Å². The number of hydrogen-bond acceptors (Lipinski definition) is 6. The first kappa shape index (κ1) is 27.7. The SMILES string of the molecule is Cc1cccc(C=C2CCCC2)c1-c1nc(N(C(=O)OC(C)(C)C)C(=O)OC(C)(C)C)nc(Cl)c1C. The first-order valence-electron chi connectivity index (χ1n) is 12.3. The van der Waals surface area contributed by atoms with Crippen LogP contribution in [0, 0.1) is 13.8 Å². The summed E-state index contributed by atoms with van der Waals surface area (Å²) in [7, 11) is 0. The van der Waals surface area contributed by atoms with Crippen molar-refractivity contribution < 1.29 is 19.1 Å². The lowest BCUT2D eigenvalue weighted by atomic mass is 9.95. The Morgan fingerprint density at radius 3 is 2.03 bits per heavy atom. The molecule has 2 amide bonds. The van der Waals surface area contributed by atoms with Crippen LogP contribution in [0.3, 0.4) is 0 Å². The van der Waals surface area contributed by atoms with E-state index in [4.69, 9.17) is 26.1 Å². The van der Waals surface area contributed by atoms with E-state index in [0.717, 1.165) is 29.5 Å². The van der Waals surface area contributed by atoms with Gasteiger partial charge in [-0.15, -0.1) is 4.90 Å². The largest absolute Gasteiger partial charge is 0.443 e. The summed E-state index contributed by atoms with van der Waals surface area (Å²) in [5.74, 6) is -0.202. The predicted octanol–water partition coefficient (Wildman–Crippen LogP) is 8.05. The van der Waals surface area contributed by atoms with Gasteiger partial charge in [-0.25, -0.2) is 14.6 Å². The Hall–Kier alpha value is -2.93. The zero-order chi connectivity index (χ0) is 26.8. The summed E-state index contributed by atoms with van der Waals surface area (Å²) in [6.07, 6.45) is 4.86. The number of anilines is 1. The van der Waals surface area contributed by atoms with Crippen molar-refractivity contribution in [1.29, 1.82) is 0 Å². The molecule has 0 saturated heterocycles. The van der Waals surface area contributed by atoms with E-state index in [-0.39, 0.29) is 11.1 Å². The summed E-state index contributed by atoms with van der Waals surface area (Å²) in [5.41, 5.74) is 3.76. The number of benzene rings is 1. The van der Waals surface area contributed by atoms with E-state index in [0.29, 0.717) is 16.2 Å². The number of carbonyl (C=O) groups is 2. The molecule has 1 fully saturated rings. The third kappa shape index (κ3) is 6.84. The molecule has 1 aliphatic rings. The average molecular weight is 514 g/mol. The van der Waals surface area contributed by atoms with Gasteiger partial charge < -0.3 is 9.47 Å². The molecule has 1 saturated carbocycles. The monoisotopic (exact) mass is 513 g/mol. The van der Waals surface area contributed by atoms with Gasteiger partial charge in [0.15, 0.2) is 0 Å². The van der Waals surface area contributed by atoms with E-state index in [2.05, 4.69) is 11.1 Å². The van der Waals surface area contributed by atoms with Crippen molar-refractivity contribution in [3.05, 3.63) is 45.6 Å². The van der Waals surface area contributed by atoms with E-state index >= 15 is 0 Å². The van der Waals surface area contributed by atoms with Gasteiger partial charge in [0.05, 0.1) is 5.69 Å². The molecule has 36 heavy (non-hydrogen) atoms. The summed E-state index contributed by atoms with van der Waals surface area (Å²) in [6.45, 7) is 14.1. The maximum absolute atomic E-state index is 13.2. The molecule has 1 heterocycles. The van der Waals surface area contributed by atoms with E-state index in [1.165, 1.54) is 18.4 Å². The highest BCUT2D eigenvalue weighted by Crippen LogP contribution is 2.36. The van der Waals surface area contributed by atoms with E-state index in [1.807, 2.05) is 32.0 Å². The zero-order valence-electron chi connectivity index (χ0n) is 22.5. The molecule has 0 unspecified atom stereocenters. The highest BCUT2D eigenvalue weighted by molar-refractivity contribution is 6.30. The highest BCUT2D eigenvalue weighted by Gasteiger charge is 2.35. The fourth-order valence-electron chi connectivity index (χ4n) is 4.00. The van der Waals surface area contributed by atoms with Crippen LogP contribution in [0.1, 0.15) is 83.9 Å². The van der Waals surface area contributed by atoms with Crippen molar-refractivity contribution in [3.63, 3.8) is 0 Å². The van der Waals surface area contributed by atoms with Crippen molar-refractivity contribution in [2.75, 3.05) is 4.90 Å². The maximum Gasteiger partial charge on any atom is 0.427 e. The fourth-order valence-corrected chi connectivity index (χ4v) is 4.17. The van der Waals surface area contributed by atoms with E-state index < -0.39 is 23.4 Å². The molecular weight excluding hydrogens is 478 g/mol. The molecule has 0 spiro atoms. The number of aromatic nitrogens is 2. The summed E-state index contributed by atoms with van der Waals surface area (Å²) < 4.78 is 11.0.